The number of hydrogen-bond acceptors (Lipinski definition) is 4. The standard InChI is InChI=1S/C27H31N3O2/c1-32-20-26(31)29-27(25-9-5-6-16-28-25)24-14-17-30(18-15-24)19-21-10-12-23(13-11-21)22-7-3-2-4-8-22/h2-13,16,24,27H,14-15,17-20H2,1H3,(H,29,31)/t27-/m0/s1. The van der Waals surface area contributed by atoms with Crippen molar-refractivity contribution in [3.63, 3.8) is 0 Å². The second-order valence-corrected chi connectivity index (χ2v) is 8.41. The third kappa shape index (κ3) is 5.81. The zero-order chi connectivity index (χ0) is 22.2. The molecule has 2 heterocycles. The third-order valence-corrected chi connectivity index (χ3v) is 6.17. The molecule has 1 aromatic heterocycles. The Bertz CT molecular complexity index is 969. The number of pyridine rings is 1. The molecule has 0 radical (unpaired) electrons. The van der Waals surface area contributed by atoms with Crippen LogP contribution in [0.3, 0.4) is 0 Å². The quantitative estimate of drug-likeness (QED) is 0.574. The highest BCUT2D eigenvalue weighted by Crippen LogP contribution is 2.30. The fourth-order valence-electron chi connectivity index (χ4n) is 4.48. The fraction of sp³-hybridized carbons (Fsp3) is 0.333. The average molecular weight is 430 g/mol. The minimum atomic E-state index is -0.0934. The minimum Gasteiger partial charge on any atom is -0.375 e. The molecule has 1 saturated heterocycles. The molecule has 4 rings (SSSR count). The number of piperidine rings is 1. The molecular formula is C27H31N3O2. The summed E-state index contributed by atoms with van der Waals surface area (Å²) in [5.41, 5.74) is 4.75. The van der Waals surface area contributed by atoms with E-state index in [-0.39, 0.29) is 18.6 Å². The summed E-state index contributed by atoms with van der Waals surface area (Å²) in [6.45, 7) is 3.04. The Morgan fingerprint density at radius 3 is 2.34 bits per heavy atom. The molecular weight excluding hydrogens is 398 g/mol. The summed E-state index contributed by atoms with van der Waals surface area (Å²) < 4.78 is 5.01. The topological polar surface area (TPSA) is 54.5 Å². The summed E-state index contributed by atoms with van der Waals surface area (Å²) in [7, 11) is 1.54. The van der Waals surface area contributed by atoms with Crippen LogP contribution in [0.4, 0.5) is 0 Å². The average Bonchev–Trinajstić information content (AvgIpc) is 2.85. The lowest BCUT2D eigenvalue weighted by atomic mass is 9.87. The predicted molar refractivity (Wildman–Crippen MR) is 127 cm³/mol. The van der Waals surface area contributed by atoms with Crippen molar-refractivity contribution in [2.24, 2.45) is 5.92 Å². The van der Waals surface area contributed by atoms with E-state index in [2.05, 4.69) is 63.7 Å². The summed E-state index contributed by atoms with van der Waals surface area (Å²) in [5, 5.41) is 3.15. The molecule has 1 fully saturated rings. The van der Waals surface area contributed by atoms with Crippen LogP contribution in [0.5, 0.6) is 0 Å². The van der Waals surface area contributed by atoms with E-state index < -0.39 is 0 Å². The monoisotopic (exact) mass is 429 g/mol. The molecule has 0 saturated carbocycles. The van der Waals surface area contributed by atoms with Crippen molar-refractivity contribution < 1.29 is 9.53 Å². The summed E-state index contributed by atoms with van der Waals surface area (Å²) >= 11 is 0. The smallest absolute Gasteiger partial charge is 0.246 e. The Labute approximate surface area is 190 Å². The number of methoxy groups -OCH3 is 1. The molecule has 5 nitrogen and oxygen atoms in total. The molecule has 1 amide bonds. The first-order chi connectivity index (χ1) is 15.7. The van der Waals surface area contributed by atoms with E-state index in [1.54, 1.807) is 13.3 Å². The van der Waals surface area contributed by atoms with Crippen LogP contribution in [0.25, 0.3) is 11.1 Å². The second kappa shape index (κ2) is 11.0. The number of likely N-dealkylation sites (tertiary alicyclic amines) is 1. The van der Waals surface area contributed by atoms with E-state index in [0.717, 1.165) is 38.2 Å². The molecule has 32 heavy (non-hydrogen) atoms. The number of amides is 1. The minimum absolute atomic E-state index is 0.0706. The van der Waals surface area contributed by atoms with Crippen LogP contribution in [-0.4, -0.2) is 42.6 Å². The molecule has 2 aromatic carbocycles. The van der Waals surface area contributed by atoms with Gasteiger partial charge in [0.15, 0.2) is 0 Å². The van der Waals surface area contributed by atoms with Gasteiger partial charge in [0, 0.05) is 19.9 Å². The predicted octanol–water partition coefficient (Wildman–Crippen LogP) is 4.46. The fourth-order valence-corrected chi connectivity index (χ4v) is 4.48. The summed E-state index contributed by atoms with van der Waals surface area (Å²) in [5.74, 6) is 0.270. The van der Waals surface area contributed by atoms with E-state index in [4.69, 9.17) is 4.74 Å². The van der Waals surface area contributed by atoms with Gasteiger partial charge in [-0.05, 0) is 60.7 Å². The van der Waals surface area contributed by atoms with Crippen LogP contribution >= 0.6 is 0 Å². The lowest BCUT2D eigenvalue weighted by Crippen LogP contribution is -2.41. The van der Waals surface area contributed by atoms with E-state index in [9.17, 15) is 4.79 Å². The van der Waals surface area contributed by atoms with Gasteiger partial charge >= 0.3 is 0 Å². The number of nitrogens with one attached hydrogen (secondary N) is 1. The van der Waals surface area contributed by atoms with Gasteiger partial charge in [0.05, 0.1) is 11.7 Å². The van der Waals surface area contributed by atoms with E-state index in [1.165, 1.54) is 16.7 Å². The summed E-state index contributed by atoms with van der Waals surface area (Å²) in [6.07, 6.45) is 3.84. The van der Waals surface area contributed by atoms with E-state index in [1.807, 2.05) is 24.3 Å². The lowest BCUT2D eigenvalue weighted by Gasteiger charge is -2.36. The van der Waals surface area contributed by atoms with Crippen LogP contribution < -0.4 is 5.32 Å². The molecule has 0 bridgehead atoms. The lowest BCUT2D eigenvalue weighted by molar-refractivity contribution is -0.126. The maximum Gasteiger partial charge on any atom is 0.246 e. The largest absolute Gasteiger partial charge is 0.375 e. The highest BCUT2D eigenvalue weighted by Gasteiger charge is 2.29. The molecule has 166 valence electrons. The van der Waals surface area contributed by atoms with Crippen LogP contribution in [0.1, 0.15) is 30.1 Å². The van der Waals surface area contributed by atoms with Gasteiger partial charge in [-0.15, -0.1) is 0 Å². The van der Waals surface area contributed by atoms with Gasteiger partial charge in [-0.2, -0.15) is 0 Å². The number of ether oxygens (including phenoxy) is 1. The first-order valence-corrected chi connectivity index (χ1v) is 11.3. The maximum absolute atomic E-state index is 12.2. The van der Waals surface area contributed by atoms with Gasteiger partial charge in [-0.25, -0.2) is 0 Å². The number of rotatable bonds is 8. The number of aromatic nitrogens is 1. The van der Waals surface area contributed by atoms with E-state index in [0.29, 0.717) is 5.92 Å². The SMILES string of the molecule is COCC(=O)N[C@H](c1ccccn1)C1CCN(Cc2ccc(-c3ccccc3)cc2)CC1. The van der Waals surface area contributed by atoms with Crippen LogP contribution in [0, 0.1) is 5.92 Å². The molecule has 5 heteroatoms. The third-order valence-electron chi connectivity index (χ3n) is 6.17. The van der Waals surface area contributed by atoms with Crippen molar-refractivity contribution in [1.82, 2.24) is 15.2 Å². The highest BCUT2D eigenvalue weighted by molar-refractivity contribution is 5.77. The molecule has 1 N–H and O–H groups in total. The van der Waals surface area contributed by atoms with Gasteiger partial charge < -0.3 is 10.1 Å². The maximum atomic E-state index is 12.2. The molecule has 1 aliphatic rings. The Morgan fingerprint density at radius 1 is 1.00 bits per heavy atom. The van der Waals surface area contributed by atoms with Gasteiger partial charge in [0.25, 0.3) is 0 Å². The van der Waals surface area contributed by atoms with Crippen LogP contribution in [0.2, 0.25) is 0 Å². The van der Waals surface area contributed by atoms with Crippen molar-refractivity contribution in [3.8, 4) is 11.1 Å². The van der Waals surface area contributed by atoms with Crippen LogP contribution in [0.15, 0.2) is 79.0 Å². The molecule has 1 atom stereocenters. The van der Waals surface area contributed by atoms with Gasteiger partial charge in [-0.3, -0.25) is 14.7 Å². The molecule has 0 spiro atoms. The normalized spacial score (nSPS) is 15.9. The highest BCUT2D eigenvalue weighted by atomic mass is 16.5. The van der Waals surface area contributed by atoms with Crippen LogP contribution in [-0.2, 0) is 16.1 Å². The Kier molecular flexibility index (Phi) is 7.64. The zero-order valence-electron chi connectivity index (χ0n) is 18.6. The number of benzene rings is 2. The molecule has 0 unspecified atom stereocenters. The first-order valence-electron chi connectivity index (χ1n) is 11.3. The van der Waals surface area contributed by atoms with Crippen molar-refractivity contribution in [3.05, 3.63) is 90.3 Å². The van der Waals surface area contributed by atoms with Gasteiger partial charge in [-0.1, -0.05) is 60.7 Å². The first kappa shape index (κ1) is 22.2. The molecule has 3 aromatic rings. The number of nitrogens with zero attached hydrogens (tertiary/aromatic N) is 2. The van der Waals surface area contributed by atoms with Crippen molar-refractivity contribution in [2.45, 2.75) is 25.4 Å². The number of carbonyl (C=O) groups excluding carboxylic acids is 1. The Morgan fingerprint density at radius 2 is 1.69 bits per heavy atom. The van der Waals surface area contributed by atoms with Gasteiger partial charge in [0.2, 0.25) is 5.91 Å². The van der Waals surface area contributed by atoms with Crippen molar-refractivity contribution in [2.75, 3.05) is 26.8 Å². The zero-order valence-corrected chi connectivity index (χ0v) is 18.6. The summed E-state index contributed by atoms with van der Waals surface area (Å²) in [6, 6.07) is 25.2. The van der Waals surface area contributed by atoms with Crippen molar-refractivity contribution >= 4 is 5.91 Å². The second-order valence-electron chi connectivity index (χ2n) is 8.41. The number of carbonyl (C=O) groups is 1. The van der Waals surface area contributed by atoms with E-state index >= 15 is 0 Å². The Balaban J connectivity index is 1.35. The molecule has 1 aliphatic heterocycles. The number of hydrogen-bond donors (Lipinski definition) is 1. The van der Waals surface area contributed by atoms with Crippen molar-refractivity contribution in [1.29, 1.82) is 0 Å². The molecule has 0 aliphatic carbocycles. The summed E-state index contributed by atoms with van der Waals surface area (Å²) in [4.78, 5) is 19.2. The van der Waals surface area contributed by atoms with Gasteiger partial charge in [0.1, 0.15) is 6.61 Å². The Hall–Kier alpha value is -3.02.